The molecule has 0 aromatic carbocycles. The Labute approximate surface area is 190 Å². The molecule has 0 radical (unpaired) electrons. The normalized spacial score (nSPS) is 33.8. The molecule has 3 aliphatic carbocycles. The Balaban J connectivity index is 1.20. The maximum Gasteiger partial charge on any atom is 0.435 e. The maximum atomic E-state index is 13.3. The van der Waals surface area contributed by atoms with Crippen molar-refractivity contribution in [1.29, 1.82) is 0 Å². The number of aromatic amines is 1. The Morgan fingerprint density at radius 2 is 1.85 bits per heavy atom. The maximum absolute atomic E-state index is 13.3. The van der Waals surface area contributed by atoms with Gasteiger partial charge >= 0.3 is 6.18 Å². The number of aromatic nitrogens is 2. The Kier molecular flexibility index (Phi) is 5.91. The van der Waals surface area contributed by atoms with Crippen LogP contribution in [0.2, 0.25) is 0 Å². The molecule has 4 aliphatic rings. The lowest BCUT2D eigenvalue weighted by molar-refractivity contribution is -0.147. The molecule has 33 heavy (non-hydrogen) atoms. The lowest BCUT2D eigenvalue weighted by Gasteiger charge is -2.47. The van der Waals surface area contributed by atoms with Gasteiger partial charge in [0, 0.05) is 49.1 Å². The van der Waals surface area contributed by atoms with Gasteiger partial charge in [-0.1, -0.05) is 6.42 Å². The number of aliphatic hydroxyl groups is 1. The molecule has 1 aromatic rings. The van der Waals surface area contributed by atoms with Crippen LogP contribution in [0, 0.1) is 29.6 Å². The van der Waals surface area contributed by atoms with Crippen molar-refractivity contribution in [3.05, 3.63) is 17.0 Å². The lowest BCUT2D eigenvalue weighted by atomic mass is 9.68. The van der Waals surface area contributed by atoms with E-state index < -0.39 is 17.8 Å². The van der Waals surface area contributed by atoms with Crippen LogP contribution in [-0.4, -0.2) is 57.8 Å². The zero-order chi connectivity index (χ0) is 23.3. The van der Waals surface area contributed by atoms with E-state index in [0.29, 0.717) is 31.2 Å². The predicted molar refractivity (Wildman–Crippen MR) is 112 cm³/mol. The van der Waals surface area contributed by atoms with Gasteiger partial charge in [0.2, 0.25) is 11.8 Å². The van der Waals surface area contributed by atoms with E-state index in [1.165, 1.54) is 0 Å². The molecule has 2 saturated carbocycles. The van der Waals surface area contributed by atoms with Crippen molar-refractivity contribution in [1.82, 2.24) is 20.4 Å². The molecule has 182 valence electrons. The molecule has 7 nitrogen and oxygen atoms in total. The number of halogens is 3. The van der Waals surface area contributed by atoms with Crippen molar-refractivity contribution in [2.24, 2.45) is 29.6 Å². The molecule has 5 unspecified atom stereocenters. The summed E-state index contributed by atoms with van der Waals surface area (Å²) in [4.78, 5) is 28.1. The van der Waals surface area contributed by atoms with Crippen molar-refractivity contribution >= 4 is 11.8 Å². The van der Waals surface area contributed by atoms with Gasteiger partial charge in [-0.2, -0.15) is 18.3 Å². The number of piperidine rings is 1. The van der Waals surface area contributed by atoms with Crippen molar-refractivity contribution in [2.75, 3.05) is 19.6 Å². The van der Waals surface area contributed by atoms with Gasteiger partial charge in [0.05, 0.1) is 6.10 Å². The third-order valence-electron chi connectivity index (χ3n) is 8.24. The first-order valence-electron chi connectivity index (χ1n) is 12.1. The molecule has 10 heteroatoms. The first kappa shape index (κ1) is 22.7. The van der Waals surface area contributed by atoms with E-state index >= 15 is 0 Å². The Hall–Kier alpha value is -2.10. The fourth-order valence-electron chi connectivity index (χ4n) is 6.66. The SMILES string of the molecule is O=C(NCC1CCC(O)C1)C1C2CCCC1CN(C(=O)C1Cc3[nH]nc(C(F)(F)F)c3C1)C2. The van der Waals surface area contributed by atoms with Crippen LogP contribution in [0.3, 0.4) is 0 Å². The van der Waals surface area contributed by atoms with Crippen LogP contribution in [0.5, 0.6) is 0 Å². The van der Waals surface area contributed by atoms with Crippen molar-refractivity contribution < 1.29 is 27.9 Å². The van der Waals surface area contributed by atoms with Crippen molar-refractivity contribution in [3.63, 3.8) is 0 Å². The highest BCUT2D eigenvalue weighted by Gasteiger charge is 2.47. The molecule has 2 heterocycles. The number of likely N-dealkylation sites (tertiary alicyclic amines) is 1. The minimum absolute atomic E-state index is 0.0509. The van der Waals surface area contributed by atoms with E-state index in [4.69, 9.17) is 0 Å². The van der Waals surface area contributed by atoms with E-state index in [0.717, 1.165) is 38.5 Å². The number of fused-ring (bicyclic) bond motifs is 3. The molecule has 2 amide bonds. The van der Waals surface area contributed by atoms with E-state index in [9.17, 15) is 27.9 Å². The second kappa shape index (κ2) is 8.60. The second-order valence-electron chi connectivity index (χ2n) is 10.4. The Bertz CT molecular complexity index is 903. The predicted octanol–water partition coefficient (Wildman–Crippen LogP) is 2.30. The molecule has 1 saturated heterocycles. The Morgan fingerprint density at radius 1 is 1.12 bits per heavy atom. The van der Waals surface area contributed by atoms with Crippen LogP contribution in [0.1, 0.15) is 55.5 Å². The zero-order valence-corrected chi connectivity index (χ0v) is 18.5. The largest absolute Gasteiger partial charge is 0.435 e. The van der Waals surface area contributed by atoms with E-state index in [1.54, 1.807) is 4.90 Å². The number of carbonyl (C=O) groups is 2. The fourth-order valence-corrected chi connectivity index (χ4v) is 6.66. The Morgan fingerprint density at radius 3 is 2.48 bits per heavy atom. The smallest absolute Gasteiger partial charge is 0.393 e. The van der Waals surface area contributed by atoms with Crippen LogP contribution in [-0.2, 0) is 28.6 Å². The number of carbonyl (C=O) groups excluding carboxylic acids is 2. The average Bonchev–Trinajstić information content (AvgIpc) is 3.45. The quantitative estimate of drug-likeness (QED) is 0.632. The molecule has 1 aliphatic heterocycles. The first-order chi connectivity index (χ1) is 15.7. The summed E-state index contributed by atoms with van der Waals surface area (Å²) in [6.07, 6.45) is 0.761. The molecule has 3 N–H and O–H groups in total. The molecule has 5 rings (SSSR count). The number of nitrogens with zero attached hydrogens (tertiary/aromatic N) is 2. The first-order valence-corrected chi connectivity index (χ1v) is 12.1. The highest BCUT2D eigenvalue weighted by molar-refractivity contribution is 5.82. The van der Waals surface area contributed by atoms with Crippen LogP contribution in [0.15, 0.2) is 0 Å². The fraction of sp³-hybridized carbons (Fsp3) is 0.783. The van der Waals surface area contributed by atoms with Crippen molar-refractivity contribution in [2.45, 2.75) is 63.6 Å². The molecular weight excluding hydrogens is 437 g/mol. The van der Waals surface area contributed by atoms with Crippen LogP contribution < -0.4 is 5.32 Å². The van der Waals surface area contributed by atoms with Gasteiger partial charge in [-0.15, -0.1) is 0 Å². The summed E-state index contributed by atoms with van der Waals surface area (Å²) in [5.41, 5.74) is -0.380. The standard InChI is InChI=1S/C23H31F3N4O3/c24-23(25,26)20-17-7-15(8-18(17)28-29-20)22(33)30-10-13-2-1-3-14(11-30)19(13)21(32)27-9-12-4-5-16(31)6-12/h12-16,19,31H,1-11H2,(H,27,32)(H,28,29). The topological polar surface area (TPSA) is 98.3 Å². The lowest BCUT2D eigenvalue weighted by Crippen LogP contribution is -2.56. The summed E-state index contributed by atoms with van der Waals surface area (Å²) in [5.74, 6) is -0.189. The number of amides is 2. The highest BCUT2D eigenvalue weighted by Crippen LogP contribution is 2.42. The zero-order valence-electron chi connectivity index (χ0n) is 18.5. The average molecular weight is 469 g/mol. The van der Waals surface area contributed by atoms with Gasteiger partial charge in [0.1, 0.15) is 0 Å². The number of rotatable bonds is 4. The number of nitrogens with one attached hydrogen (secondary N) is 2. The minimum Gasteiger partial charge on any atom is -0.393 e. The van der Waals surface area contributed by atoms with Gasteiger partial charge in [0.15, 0.2) is 5.69 Å². The van der Waals surface area contributed by atoms with Crippen LogP contribution >= 0.6 is 0 Å². The molecule has 1 aromatic heterocycles. The van der Waals surface area contributed by atoms with E-state index in [-0.39, 0.29) is 54.1 Å². The number of hydrogen-bond acceptors (Lipinski definition) is 4. The molecule has 5 atom stereocenters. The van der Waals surface area contributed by atoms with Crippen LogP contribution in [0.4, 0.5) is 13.2 Å². The van der Waals surface area contributed by atoms with Crippen molar-refractivity contribution in [3.8, 4) is 0 Å². The number of alkyl halides is 3. The summed E-state index contributed by atoms with van der Waals surface area (Å²) >= 11 is 0. The molecular formula is C23H31F3N4O3. The van der Waals surface area contributed by atoms with Gasteiger partial charge < -0.3 is 15.3 Å². The number of hydrogen-bond donors (Lipinski definition) is 3. The summed E-state index contributed by atoms with van der Waals surface area (Å²) in [5, 5.41) is 18.7. The van der Waals surface area contributed by atoms with E-state index in [2.05, 4.69) is 15.5 Å². The number of aliphatic hydroxyl groups excluding tert-OH is 1. The van der Waals surface area contributed by atoms with Gasteiger partial charge in [-0.3, -0.25) is 14.7 Å². The third-order valence-corrected chi connectivity index (χ3v) is 8.24. The van der Waals surface area contributed by atoms with Gasteiger partial charge in [-0.25, -0.2) is 0 Å². The summed E-state index contributed by atoms with van der Waals surface area (Å²) in [7, 11) is 0. The summed E-state index contributed by atoms with van der Waals surface area (Å²) < 4.78 is 39.6. The minimum atomic E-state index is -4.53. The number of H-pyrrole nitrogens is 1. The molecule has 0 spiro atoms. The summed E-state index contributed by atoms with van der Waals surface area (Å²) in [6.45, 7) is 1.57. The monoisotopic (exact) mass is 468 g/mol. The second-order valence-corrected chi connectivity index (χ2v) is 10.4. The van der Waals surface area contributed by atoms with Gasteiger partial charge in [-0.05, 0) is 56.3 Å². The molecule has 2 bridgehead atoms. The third kappa shape index (κ3) is 4.38. The van der Waals surface area contributed by atoms with E-state index in [1.807, 2.05) is 0 Å². The van der Waals surface area contributed by atoms with Gasteiger partial charge in [0.25, 0.3) is 0 Å². The highest BCUT2D eigenvalue weighted by atomic mass is 19.4. The summed E-state index contributed by atoms with van der Waals surface area (Å²) in [6, 6.07) is 0. The van der Waals surface area contributed by atoms with Crippen LogP contribution in [0.25, 0.3) is 0 Å². The molecule has 3 fully saturated rings.